The van der Waals surface area contributed by atoms with E-state index in [4.69, 9.17) is 9.47 Å². The average molecular weight is 291 g/mol. The van der Waals surface area contributed by atoms with Crippen molar-refractivity contribution < 1.29 is 14.3 Å². The van der Waals surface area contributed by atoms with Crippen molar-refractivity contribution in [2.45, 2.75) is 33.1 Å². The number of unbranched alkanes of at least 4 members (excludes halogenated alkanes) is 1. The zero-order valence-corrected chi connectivity index (χ0v) is 13.4. The van der Waals surface area contributed by atoms with E-state index >= 15 is 0 Å². The van der Waals surface area contributed by atoms with Gasteiger partial charge in [-0.1, -0.05) is 20.3 Å². The summed E-state index contributed by atoms with van der Waals surface area (Å²) in [6, 6.07) is 3.92. The van der Waals surface area contributed by atoms with Crippen LogP contribution in [0.25, 0.3) is 6.08 Å². The van der Waals surface area contributed by atoms with Crippen molar-refractivity contribution in [3.63, 3.8) is 0 Å². The van der Waals surface area contributed by atoms with Crippen LogP contribution in [0, 0.1) is 0 Å². The molecule has 0 unspecified atom stereocenters. The molecule has 1 rings (SSSR count). The Balaban J connectivity index is 3.02. The Bertz CT molecular complexity index is 483. The fourth-order valence-corrected chi connectivity index (χ4v) is 2.08. The monoisotopic (exact) mass is 291 g/mol. The zero-order valence-electron chi connectivity index (χ0n) is 13.4. The minimum absolute atomic E-state index is 0.695. The van der Waals surface area contributed by atoms with Crippen molar-refractivity contribution in [2.75, 3.05) is 20.8 Å². The molecule has 0 heterocycles. The number of aryl methyl sites for hydroxylation is 1. The van der Waals surface area contributed by atoms with Gasteiger partial charge in [0, 0.05) is 12.7 Å². The fraction of sp³-hybridized carbons (Fsp3) is 0.471. The number of hydrogen-bond acceptors (Lipinski definition) is 3. The molecule has 0 aromatic heterocycles. The van der Waals surface area contributed by atoms with Crippen LogP contribution in [0.2, 0.25) is 0 Å². The maximum atomic E-state index is 11.0. The molecule has 0 spiro atoms. The van der Waals surface area contributed by atoms with Gasteiger partial charge in [-0.3, -0.25) is 4.79 Å². The summed E-state index contributed by atoms with van der Waals surface area (Å²) in [5.41, 5.74) is 2.20. The van der Waals surface area contributed by atoms with E-state index in [-0.39, 0.29) is 0 Å². The number of carbonyl (C=O) groups excluding carboxylic acids is 1. The van der Waals surface area contributed by atoms with E-state index in [0.717, 1.165) is 49.1 Å². The number of amides is 1. The highest BCUT2D eigenvalue weighted by Gasteiger charge is 2.08. The van der Waals surface area contributed by atoms with Crippen LogP contribution in [0.1, 0.15) is 37.8 Å². The Morgan fingerprint density at radius 1 is 1.14 bits per heavy atom. The molecule has 21 heavy (non-hydrogen) atoms. The molecule has 1 aromatic rings. The molecular weight excluding hydrogens is 266 g/mol. The summed E-state index contributed by atoms with van der Waals surface area (Å²) in [5.74, 6) is 1.42. The number of nitrogens with zero attached hydrogens (tertiary/aromatic N) is 1. The van der Waals surface area contributed by atoms with Crippen molar-refractivity contribution in [3.8, 4) is 11.5 Å². The highest BCUT2D eigenvalue weighted by molar-refractivity contribution is 5.62. The molecule has 0 saturated heterocycles. The average Bonchev–Trinajstić information content (AvgIpc) is 2.54. The molecule has 0 bridgehead atoms. The third kappa shape index (κ3) is 4.81. The molecule has 0 radical (unpaired) electrons. The van der Waals surface area contributed by atoms with Crippen LogP contribution < -0.4 is 9.47 Å². The largest absolute Gasteiger partial charge is 0.493 e. The van der Waals surface area contributed by atoms with E-state index in [1.165, 1.54) is 0 Å². The first-order valence-electron chi connectivity index (χ1n) is 7.34. The van der Waals surface area contributed by atoms with Crippen LogP contribution >= 0.6 is 0 Å². The predicted molar refractivity (Wildman–Crippen MR) is 85.6 cm³/mol. The lowest BCUT2D eigenvalue weighted by molar-refractivity contribution is -0.115. The maximum Gasteiger partial charge on any atom is 0.213 e. The zero-order chi connectivity index (χ0) is 15.7. The van der Waals surface area contributed by atoms with Gasteiger partial charge < -0.3 is 14.4 Å². The van der Waals surface area contributed by atoms with Crippen LogP contribution in [-0.2, 0) is 11.2 Å². The smallest absolute Gasteiger partial charge is 0.213 e. The van der Waals surface area contributed by atoms with Gasteiger partial charge in [-0.25, -0.2) is 0 Å². The number of ether oxygens (including phenoxy) is 2. The van der Waals surface area contributed by atoms with Crippen LogP contribution in [0.5, 0.6) is 11.5 Å². The van der Waals surface area contributed by atoms with Crippen molar-refractivity contribution in [1.29, 1.82) is 0 Å². The lowest BCUT2D eigenvalue weighted by Crippen LogP contribution is -2.15. The predicted octanol–water partition coefficient (Wildman–Crippen LogP) is 3.50. The second kappa shape index (κ2) is 9.06. The first-order chi connectivity index (χ1) is 10.2. The number of rotatable bonds is 9. The van der Waals surface area contributed by atoms with Gasteiger partial charge >= 0.3 is 0 Å². The Labute approximate surface area is 127 Å². The van der Waals surface area contributed by atoms with E-state index in [0.29, 0.717) is 5.75 Å². The molecule has 4 heteroatoms. The highest BCUT2D eigenvalue weighted by Crippen LogP contribution is 2.31. The SMILES string of the molecule is CCCCN(C=O)/C=C\c1cc(OC)c(OC)cc1CC. The van der Waals surface area contributed by atoms with Gasteiger partial charge in [0.25, 0.3) is 0 Å². The van der Waals surface area contributed by atoms with Crippen molar-refractivity contribution in [1.82, 2.24) is 4.90 Å². The third-order valence-electron chi connectivity index (χ3n) is 3.38. The van der Waals surface area contributed by atoms with Crippen LogP contribution in [0.15, 0.2) is 18.3 Å². The number of methoxy groups -OCH3 is 2. The van der Waals surface area contributed by atoms with Crippen molar-refractivity contribution in [2.24, 2.45) is 0 Å². The second-order valence-corrected chi connectivity index (χ2v) is 4.77. The van der Waals surface area contributed by atoms with Crippen LogP contribution in [-0.4, -0.2) is 32.1 Å². The maximum absolute atomic E-state index is 11.0. The van der Waals surface area contributed by atoms with Gasteiger partial charge in [0.1, 0.15) is 0 Å². The summed E-state index contributed by atoms with van der Waals surface area (Å²) in [7, 11) is 3.25. The van der Waals surface area contributed by atoms with Gasteiger partial charge in [-0.15, -0.1) is 0 Å². The van der Waals surface area contributed by atoms with Gasteiger partial charge in [-0.05, 0) is 42.2 Å². The molecule has 0 aliphatic heterocycles. The Hall–Kier alpha value is -1.97. The first kappa shape index (κ1) is 17.1. The van der Waals surface area contributed by atoms with E-state index in [9.17, 15) is 4.79 Å². The van der Waals surface area contributed by atoms with Crippen LogP contribution in [0.4, 0.5) is 0 Å². The lowest BCUT2D eigenvalue weighted by atomic mass is 10.0. The number of benzene rings is 1. The molecule has 1 aromatic carbocycles. The summed E-state index contributed by atoms with van der Waals surface area (Å²) >= 11 is 0. The van der Waals surface area contributed by atoms with E-state index in [1.54, 1.807) is 19.1 Å². The van der Waals surface area contributed by atoms with E-state index < -0.39 is 0 Å². The molecule has 0 saturated carbocycles. The molecular formula is C17H25NO3. The second-order valence-electron chi connectivity index (χ2n) is 4.77. The molecule has 0 aliphatic carbocycles. The molecule has 0 atom stereocenters. The van der Waals surface area contributed by atoms with Gasteiger partial charge in [0.2, 0.25) is 6.41 Å². The van der Waals surface area contributed by atoms with Gasteiger partial charge in [0.05, 0.1) is 14.2 Å². The fourth-order valence-electron chi connectivity index (χ4n) is 2.08. The summed E-state index contributed by atoms with van der Waals surface area (Å²) in [5, 5.41) is 0. The lowest BCUT2D eigenvalue weighted by Gasteiger charge is -2.14. The number of hydrogen-bond donors (Lipinski definition) is 0. The summed E-state index contributed by atoms with van der Waals surface area (Å²) in [6.45, 7) is 4.94. The van der Waals surface area contributed by atoms with Crippen molar-refractivity contribution >= 4 is 12.5 Å². The van der Waals surface area contributed by atoms with Gasteiger partial charge in [-0.2, -0.15) is 0 Å². The Morgan fingerprint density at radius 2 is 1.81 bits per heavy atom. The summed E-state index contributed by atoms with van der Waals surface area (Å²) < 4.78 is 10.7. The summed E-state index contributed by atoms with van der Waals surface area (Å²) in [4.78, 5) is 12.7. The van der Waals surface area contributed by atoms with Crippen LogP contribution in [0.3, 0.4) is 0 Å². The molecule has 0 aliphatic rings. The summed E-state index contributed by atoms with van der Waals surface area (Å²) in [6.07, 6.45) is 7.58. The van der Waals surface area contributed by atoms with E-state index in [2.05, 4.69) is 13.8 Å². The molecule has 0 fully saturated rings. The quantitative estimate of drug-likeness (QED) is 0.654. The Morgan fingerprint density at radius 3 is 2.33 bits per heavy atom. The molecule has 116 valence electrons. The van der Waals surface area contributed by atoms with Crippen molar-refractivity contribution in [3.05, 3.63) is 29.5 Å². The highest BCUT2D eigenvalue weighted by atomic mass is 16.5. The topological polar surface area (TPSA) is 38.8 Å². The normalized spacial score (nSPS) is 10.7. The first-order valence-corrected chi connectivity index (χ1v) is 7.34. The minimum atomic E-state index is 0.695. The van der Waals surface area contributed by atoms with Gasteiger partial charge in [0.15, 0.2) is 11.5 Å². The number of carbonyl (C=O) groups is 1. The molecule has 0 N–H and O–H groups in total. The molecule has 1 amide bonds. The Kier molecular flexibility index (Phi) is 7.37. The minimum Gasteiger partial charge on any atom is -0.493 e. The third-order valence-corrected chi connectivity index (χ3v) is 3.38. The van der Waals surface area contributed by atoms with E-state index in [1.807, 2.05) is 24.4 Å². The molecule has 4 nitrogen and oxygen atoms in total. The standard InChI is InChI=1S/C17H25NO3/c1-5-7-9-18(13-19)10-8-15-12-17(21-4)16(20-3)11-14(15)6-2/h8,10-13H,5-7,9H2,1-4H3/b10-8-.